The molecule has 1 aliphatic rings. The number of nitrogens with one attached hydrogen (secondary N) is 1. The van der Waals surface area contributed by atoms with E-state index < -0.39 is 49.5 Å². The van der Waals surface area contributed by atoms with Crippen molar-refractivity contribution in [2.45, 2.75) is 230 Å². The standard InChI is InChI=1S/C45H83NO8/c1-3-5-7-9-11-13-15-16-17-18-19-20-21-22-23-24-25-26-28-30-32-34-39(48)38(37-53-45-44(52)43(51)42(50)40(36-47)54-45)46-41(49)35-33-31-29-27-14-12-10-8-6-4-2/h21-22,25-26,32,34,38-40,42-45,47-48,50-52H,3-20,23-24,27-31,33,35-37H2,1-2H3,(H,46,49)/b22-21+,26-25+,34-32+. The van der Waals surface area contributed by atoms with Crippen LogP contribution in [0.5, 0.6) is 0 Å². The van der Waals surface area contributed by atoms with Gasteiger partial charge in [-0.3, -0.25) is 4.79 Å². The number of hydrogen-bond donors (Lipinski definition) is 6. The van der Waals surface area contributed by atoms with E-state index in [-0.39, 0.29) is 12.5 Å². The summed E-state index contributed by atoms with van der Waals surface area (Å²) in [6.07, 6.45) is 36.3. The van der Waals surface area contributed by atoms with Gasteiger partial charge < -0.3 is 40.3 Å². The second-order valence-corrected chi connectivity index (χ2v) is 15.5. The normalized spacial score (nSPS) is 21.8. The average Bonchev–Trinajstić information content (AvgIpc) is 3.17. The molecular formula is C45H83NO8. The lowest BCUT2D eigenvalue weighted by molar-refractivity contribution is -0.302. The largest absolute Gasteiger partial charge is 0.394 e. The summed E-state index contributed by atoms with van der Waals surface area (Å²) < 4.78 is 11.2. The highest BCUT2D eigenvalue weighted by molar-refractivity contribution is 5.76. The zero-order valence-electron chi connectivity index (χ0n) is 34.5. The average molecular weight is 766 g/mol. The molecule has 1 amide bonds. The van der Waals surface area contributed by atoms with E-state index in [0.717, 1.165) is 44.9 Å². The minimum Gasteiger partial charge on any atom is -0.394 e. The van der Waals surface area contributed by atoms with E-state index in [1.54, 1.807) is 6.08 Å². The molecular weight excluding hydrogens is 682 g/mol. The third-order valence-corrected chi connectivity index (χ3v) is 10.4. The van der Waals surface area contributed by atoms with E-state index in [4.69, 9.17) is 9.47 Å². The molecule has 0 bridgehead atoms. The molecule has 0 aromatic heterocycles. The molecule has 6 N–H and O–H groups in total. The van der Waals surface area contributed by atoms with Gasteiger partial charge in [0.25, 0.3) is 0 Å². The van der Waals surface area contributed by atoms with Crippen molar-refractivity contribution >= 4 is 5.91 Å². The maximum atomic E-state index is 12.9. The monoisotopic (exact) mass is 766 g/mol. The Balaban J connectivity index is 2.38. The second-order valence-electron chi connectivity index (χ2n) is 15.5. The van der Waals surface area contributed by atoms with Crippen LogP contribution < -0.4 is 5.32 Å². The number of aliphatic hydroxyl groups excluding tert-OH is 5. The van der Waals surface area contributed by atoms with Crippen molar-refractivity contribution in [3.63, 3.8) is 0 Å². The van der Waals surface area contributed by atoms with Crippen molar-refractivity contribution in [3.05, 3.63) is 36.5 Å². The van der Waals surface area contributed by atoms with Crippen LogP contribution in [0.4, 0.5) is 0 Å². The summed E-state index contributed by atoms with van der Waals surface area (Å²) in [7, 11) is 0. The van der Waals surface area contributed by atoms with E-state index in [0.29, 0.717) is 6.42 Å². The van der Waals surface area contributed by atoms with Crippen LogP contribution in [-0.2, 0) is 14.3 Å². The predicted octanol–water partition coefficient (Wildman–Crippen LogP) is 8.89. The fourth-order valence-electron chi connectivity index (χ4n) is 6.83. The molecule has 0 aromatic rings. The maximum Gasteiger partial charge on any atom is 0.220 e. The van der Waals surface area contributed by atoms with E-state index in [2.05, 4.69) is 43.5 Å². The van der Waals surface area contributed by atoms with Gasteiger partial charge in [-0.1, -0.05) is 172 Å². The van der Waals surface area contributed by atoms with Gasteiger partial charge in [0.05, 0.1) is 25.4 Å². The molecule has 1 heterocycles. The van der Waals surface area contributed by atoms with Crippen molar-refractivity contribution in [2.24, 2.45) is 0 Å². The second kappa shape index (κ2) is 35.8. The van der Waals surface area contributed by atoms with Crippen LogP contribution in [0.25, 0.3) is 0 Å². The van der Waals surface area contributed by atoms with Crippen LogP contribution in [0.3, 0.4) is 0 Å². The maximum absolute atomic E-state index is 12.9. The first-order chi connectivity index (χ1) is 26.3. The Morgan fingerprint density at radius 3 is 1.56 bits per heavy atom. The lowest BCUT2D eigenvalue weighted by Gasteiger charge is -2.40. The van der Waals surface area contributed by atoms with Crippen LogP contribution in [0.2, 0.25) is 0 Å². The van der Waals surface area contributed by atoms with E-state index >= 15 is 0 Å². The van der Waals surface area contributed by atoms with Crippen LogP contribution in [-0.4, -0.2) is 87.5 Å². The molecule has 0 aliphatic carbocycles. The molecule has 54 heavy (non-hydrogen) atoms. The van der Waals surface area contributed by atoms with E-state index in [1.165, 1.54) is 122 Å². The molecule has 1 fully saturated rings. The van der Waals surface area contributed by atoms with Crippen molar-refractivity contribution < 1.29 is 39.8 Å². The van der Waals surface area contributed by atoms with E-state index in [1.807, 2.05) is 6.08 Å². The molecule has 7 unspecified atom stereocenters. The van der Waals surface area contributed by atoms with Crippen molar-refractivity contribution in [1.82, 2.24) is 5.32 Å². The first kappa shape index (κ1) is 50.4. The van der Waals surface area contributed by atoms with Crippen molar-refractivity contribution in [3.8, 4) is 0 Å². The third-order valence-electron chi connectivity index (χ3n) is 10.4. The topological polar surface area (TPSA) is 149 Å². The number of carbonyl (C=O) groups excluding carboxylic acids is 1. The third kappa shape index (κ3) is 26.3. The van der Waals surface area contributed by atoms with Gasteiger partial charge in [-0.2, -0.15) is 0 Å². The Morgan fingerprint density at radius 1 is 0.611 bits per heavy atom. The molecule has 1 saturated heterocycles. The number of allylic oxidation sites excluding steroid dienone is 5. The number of carbonyl (C=O) groups is 1. The molecule has 1 rings (SSSR count). The molecule has 0 spiro atoms. The number of hydrogen-bond acceptors (Lipinski definition) is 8. The molecule has 1 aliphatic heterocycles. The number of ether oxygens (including phenoxy) is 2. The SMILES string of the molecule is CCCCCCCCCCCCC/C=C/CC/C=C/CC/C=C/C(O)C(COC1OC(CO)C(O)C(O)C1O)NC(=O)CCCCCCCCCCCC. The number of amides is 1. The fourth-order valence-corrected chi connectivity index (χ4v) is 6.83. The summed E-state index contributed by atoms with van der Waals surface area (Å²) in [5, 5.41) is 54.0. The Hall–Kier alpha value is -1.59. The van der Waals surface area contributed by atoms with Gasteiger partial charge in [0.1, 0.15) is 24.4 Å². The van der Waals surface area contributed by atoms with Gasteiger partial charge in [-0.05, 0) is 44.9 Å². The number of rotatable bonds is 36. The summed E-state index contributed by atoms with van der Waals surface area (Å²) in [6, 6.07) is -0.823. The summed E-state index contributed by atoms with van der Waals surface area (Å²) in [4.78, 5) is 12.9. The fraction of sp³-hybridized carbons (Fsp3) is 0.844. The summed E-state index contributed by atoms with van der Waals surface area (Å²) >= 11 is 0. The smallest absolute Gasteiger partial charge is 0.220 e. The van der Waals surface area contributed by atoms with Crippen LogP contribution in [0.1, 0.15) is 187 Å². The van der Waals surface area contributed by atoms with E-state index in [9.17, 15) is 30.3 Å². The zero-order chi connectivity index (χ0) is 39.5. The molecule has 0 radical (unpaired) electrons. The van der Waals surface area contributed by atoms with Gasteiger partial charge in [-0.25, -0.2) is 0 Å². The van der Waals surface area contributed by atoms with Gasteiger partial charge in [0.2, 0.25) is 5.91 Å². The van der Waals surface area contributed by atoms with Gasteiger partial charge in [0, 0.05) is 6.42 Å². The lowest BCUT2D eigenvalue weighted by atomic mass is 9.99. The highest BCUT2D eigenvalue weighted by Gasteiger charge is 2.44. The first-order valence-corrected chi connectivity index (χ1v) is 22.2. The van der Waals surface area contributed by atoms with Crippen LogP contribution in [0.15, 0.2) is 36.5 Å². The molecule has 9 heteroatoms. The Bertz CT molecular complexity index is 941. The summed E-state index contributed by atoms with van der Waals surface area (Å²) in [5.41, 5.74) is 0. The number of unbranched alkanes of at least 4 members (excludes halogenated alkanes) is 22. The highest BCUT2D eigenvalue weighted by Crippen LogP contribution is 2.22. The molecule has 0 aromatic carbocycles. The van der Waals surface area contributed by atoms with Crippen molar-refractivity contribution in [2.75, 3.05) is 13.2 Å². The molecule has 316 valence electrons. The van der Waals surface area contributed by atoms with Crippen molar-refractivity contribution in [1.29, 1.82) is 0 Å². The van der Waals surface area contributed by atoms with Crippen LogP contribution in [0, 0.1) is 0 Å². The summed E-state index contributed by atoms with van der Waals surface area (Å²) in [6.45, 7) is 3.72. The lowest BCUT2D eigenvalue weighted by Crippen LogP contribution is -2.60. The quantitative estimate of drug-likeness (QED) is 0.0274. The summed E-state index contributed by atoms with van der Waals surface area (Å²) in [5.74, 6) is -0.194. The minimum atomic E-state index is -1.57. The van der Waals surface area contributed by atoms with Crippen LogP contribution >= 0.6 is 0 Å². The predicted molar refractivity (Wildman–Crippen MR) is 221 cm³/mol. The minimum absolute atomic E-state index is 0.194. The molecule has 7 atom stereocenters. The van der Waals surface area contributed by atoms with Gasteiger partial charge >= 0.3 is 0 Å². The Morgan fingerprint density at radius 2 is 1.06 bits per heavy atom. The zero-order valence-corrected chi connectivity index (χ0v) is 34.5. The highest BCUT2D eigenvalue weighted by atomic mass is 16.7. The molecule has 9 nitrogen and oxygen atoms in total. The molecule has 0 saturated carbocycles. The van der Waals surface area contributed by atoms with Gasteiger partial charge in [-0.15, -0.1) is 0 Å². The van der Waals surface area contributed by atoms with Gasteiger partial charge in [0.15, 0.2) is 6.29 Å². The Labute approximate surface area is 330 Å². The first-order valence-electron chi connectivity index (χ1n) is 22.2. The Kier molecular flexibility index (Phi) is 33.4. The number of aliphatic hydroxyl groups is 5.